The maximum absolute atomic E-state index is 5.05. The van der Waals surface area contributed by atoms with Crippen LogP contribution in [0.4, 0.5) is 0 Å². The summed E-state index contributed by atoms with van der Waals surface area (Å²) >= 11 is 0. The van der Waals surface area contributed by atoms with Crippen LogP contribution in [0.3, 0.4) is 0 Å². The van der Waals surface area contributed by atoms with Gasteiger partial charge >= 0.3 is 0 Å². The van der Waals surface area contributed by atoms with Crippen molar-refractivity contribution in [2.75, 3.05) is 0 Å². The SMILES string of the molecule is C[Si](C)(C)c1cnc(-c2cccc(-n3c4ccccc4c4ccc(-c5cccc6cccnc56)cc43)c2)cc1-c1ccccc1. The third kappa shape index (κ3) is 4.75. The van der Waals surface area contributed by atoms with Gasteiger partial charge in [0.15, 0.2) is 0 Å². The van der Waals surface area contributed by atoms with Gasteiger partial charge in [0, 0.05) is 45.4 Å². The average Bonchev–Trinajstić information content (AvgIpc) is 3.41. The minimum absolute atomic E-state index is 0.987. The monoisotopic (exact) mass is 595 g/mol. The van der Waals surface area contributed by atoms with E-state index in [1.54, 1.807) is 0 Å². The van der Waals surface area contributed by atoms with Crippen LogP contribution in [0.1, 0.15) is 0 Å². The first-order valence-electron chi connectivity index (χ1n) is 15.5. The van der Waals surface area contributed by atoms with Crippen molar-refractivity contribution < 1.29 is 0 Å². The maximum Gasteiger partial charge on any atom is 0.0804 e. The molecule has 3 nitrogen and oxygen atoms in total. The summed E-state index contributed by atoms with van der Waals surface area (Å²) in [4.78, 5) is 9.79. The molecule has 0 saturated heterocycles. The van der Waals surface area contributed by atoms with Gasteiger partial charge in [-0.25, -0.2) is 0 Å². The fourth-order valence-electron chi connectivity index (χ4n) is 6.63. The number of fused-ring (bicyclic) bond motifs is 4. The third-order valence-electron chi connectivity index (χ3n) is 8.81. The lowest BCUT2D eigenvalue weighted by Gasteiger charge is -2.21. The molecule has 0 aliphatic rings. The van der Waals surface area contributed by atoms with Crippen LogP contribution in [-0.2, 0) is 0 Å². The molecule has 216 valence electrons. The average molecular weight is 596 g/mol. The molecule has 45 heavy (non-hydrogen) atoms. The number of hydrogen-bond acceptors (Lipinski definition) is 2. The Labute approximate surface area is 264 Å². The minimum atomic E-state index is -1.62. The van der Waals surface area contributed by atoms with Gasteiger partial charge in [0.05, 0.1) is 30.3 Å². The molecule has 0 atom stereocenters. The van der Waals surface area contributed by atoms with Crippen molar-refractivity contribution >= 4 is 46.0 Å². The zero-order valence-electron chi connectivity index (χ0n) is 25.7. The van der Waals surface area contributed by atoms with Crippen LogP contribution in [0.5, 0.6) is 0 Å². The van der Waals surface area contributed by atoms with Crippen molar-refractivity contribution in [3.63, 3.8) is 0 Å². The van der Waals surface area contributed by atoms with Gasteiger partial charge in [-0.2, -0.15) is 0 Å². The summed E-state index contributed by atoms with van der Waals surface area (Å²) in [6.07, 6.45) is 4.00. The number of benzene rings is 5. The Bertz CT molecular complexity index is 2360. The molecular formula is C41H33N3Si. The molecule has 0 fully saturated rings. The van der Waals surface area contributed by atoms with Crippen LogP contribution in [0.15, 0.2) is 146 Å². The Balaban J connectivity index is 1.32. The van der Waals surface area contributed by atoms with Gasteiger partial charge < -0.3 is 4.57 Å². The summed E-state index contributed by atoms with van der Waals surface area (Å²) in [6, 6.07) is 47.9. The lowest BCUT2D eigenvalue weighted by Crippen LogP contribution is -2.39. The third-order valence-corrected chi connectivity index (χ3v) is 10.8. The Hall–Kier alpha value is -5.32. The molecule has 0 N–H and O–H groups in total. The van der Waals surface area contributed by atoms with E-state index in [1.807, 2.05) is 12.3 Å². The predicted molar refractivity (Wildman–Crippen MR) is 193 cm³/mol. The molecule has 0 aliphatic heterocycles. The number of pyridine rings is 2. The molecule has 4 heteroatoms. The van der Waals surface area contributed by atoms with Crippen molar-refractivity contribution in [3.8, 4) is 39.2 Å². The molecule has 8 rings (SSSR count). The fourth-order valence-corrected chi connectivity index (χ4v) is 8.10. The Morgan fingerprint density at radius 1 is 0.533 bits per heavy atom. The molecule has 0 amide bonds. The van der Waals surface area contributed by atoms with Crippen molar-refractivity contribution in [1.82, 2.24) is 14.5 Å². The first-order valence-corrected chi connectivity index (χ1v) is 19.0. The summed E-state index contributed by atoms with van der Waals surface area (Å²) in [5.41, 5.74) is 11.4. The number of para-hydroxylation sites is 2. The molecule has 0 spiro atoms. The highest BCUT2D eigenvalue weighted by atomic mass is 28.3. The van der Waals surface area contributed by atoms with E-state index in [2.05, 4.69) is 158 Å². The highest BCUT2D eigenvalue weighted by Gasteiger charge is 2.22. The second-order valence-corrected chi connectivity index (χ2v) is 17.8. The standard InChI is InChI=1S/C41H33N3Si/c1-45(2,3)40-27-43-37(26-36(40)28-12-5-4-6-13-28)31-15-9-17-32(24-31)44-38-20-8-7-18-34(38)35-22-21-30(25-39(35)44)33-19-10-14-29-16-11-23-42-41(29)33/h4-27H,1-3H3. The Morgan fingerprint density at radius 3 is 2.16 bits per heavy atom. The molecular weight excluding hydrogens is 563 g/mol. The molecule has 5 aromatic carbocycles. The maximum atomic E-state index is 5.05. The molecule has 0 bridgehead atoms. The van der Waals surface area contributed by atoms with Crippen molar-refractivity contribution in [2.45, 2.75) is 19.6 Å². The van der Waals surface area contributed by atoms with Crippen molar-refractivity contribution in [3.05, 3.63) is 146 Å². The van der Waals surface area contributed by atoms with Crippen molar-refractivity contribution in [2.24, 2.45) is 0 Å². The van der Waals surface area contributed by atoms with E-state index < -0.39 is 8.07 Å². The van der Waals surface area contributed by atoms with Crippen molar-refractivity contribution in [1.29, 1.82) is 0 Å². The Morgan fingerprint density at radius 2 is 1.29 bits per heavy atom. The van der Waals surface area contributed by atoms with Crippen LogP contribution in [0.2, 0.25) is 19.6 Å². The van der Waals surface area contributed by atoms with Gasteiger partial charge in [-0.1, -0.05) is 117 Å². The zero-order chi connectivity index (χ0) is 30.5. The first-order chi connectivity index (χ1) is 22.0. The number of nitrogens with zero attached hydrogens (tertiary/aromatic N) is 3. The second-order valence-electron chi connectivity index (χ2n) is 12.7. The first kappa shape index (κ1) is 27.2. The molecule has 3 heterocycles. The Kier molecular flexibility index (Phi) is 6.47. The molecule has 3 aromatic heterocycles. The van der Waals surface area contributed by atoms with Crippen LogP contribution < -0.4 is 5.19 Å². The van der Waals surface area contributed by atoms with E-state index in [-0.39, 0.29) is 0 Å². The fraction of sp³-hybridized carbons (Fsp3) is 0.0732. The van der Waals surface area contributed by atoms with Gasteiger partial charge in [0.25, 0.3) is 0 Å². The summed E-state index contributed by atoms with van der Waals surface area (Å²) in [6.45, 7) is 7.17. The normalized spacial score (nSPS) is 11.9. The largest absolute Gasteiger partial charge is 0.309 e. The van der Waals surface area contributed by atoms with Gasteiger partial charge in [0.1, 0.15) is 0 Å². The smallest absolute Gasteiger partial charge is 0.0804 e. The number of aromatic nitrogens is 3. The lowest BCUT2D eigenvalue weighted by atomic mass is 10.0. The van der Waals surface area contributed by atoms with E-state index in [9.17, 15) is 0 Å². The van der Waals surface area contributed by atoms with Crippen LogP contribution >= 0.6 is 0 Å². The second kappa shape index (κ2) is 10.7. The summed E-state index contributed by atoms with van der Waals surface area (Å²) < 4.78 is 2.39. The van der Waals surface area contributed by atoms with E-state index in [0.717, 1.165) is 39.0 Å². The van der Waals surface area contributed by atoms with Gasteiger partial charge in [-0.3, -0.25) is 9.97 Å². The van der Waals surface area contributed by atoms with Gasteiger partial charge in [0.2, 0.25) is 0 Å². The lowest BCUT2D eigenvalue weighted by molar-refractivity contribution is 1.18. The highest BCUT2D eigenvalue weighted by molar-refractivity contribution is 6.89. The zero-order valence-corrected chi connectivity index (χ0v) is 26.7. The molecule has 0 saturated carbocycles. The van der Waals surface area contributed by atoms with E-state index in [0.29, 0.717) is 0 Å². The predicted octanol–water partition coefficient (Wildman–Crippen LogP) is 10.3. The van der Waals surface area contributed by atoms with Crippen LogP contribution in [0.25, 0.3) is 71.9 Å². The molecule has 0 radical (unpaired) electrons. The van der Waals surface area contributed by atoms with Gasteiger partial charge in [-0.05, 0) is 58.3 Å². The van der Waals surface area contributed by atoms with Gasteiger partial charge in [-0.15, -0.1) is 0 Å². The van der Waals surface area contributed by atoms with E-state index in [4.69, 9.17) is 9.97 Å². The van der Waals surface area contributed by atoms with Crippen LogP contribution in [0, 0.1) is 0 Å². The topological polar surface area (TPSA) is 30.7 Å². The van der Waals surface area contributed by atoms with E-state index in [1.165, 1.54) is 38.1 Å². The quantitative estimate of drug-likeness (QED) is 0.185. The molecule has 0 aliphatic carbocycles. The number of rotatable bonds is 5. The summed E-state index contributed by atoms with van der Waals surface area (Å²) in [7, 11) is -1.62. The van der Waals surface area contributed by atoms with E-state index >= 15 is 0 Å². The molecule has 0 unspecified atom stereocenters. The summed E-state index contributed by atoms with van der Waals surface area (Å²) in [5, 5.41) is 5.00. The highest BCUT2D eigenvalue weighted by Crippen LogP contribution is 2.37. The van der Waals surface area contributed by atoms with Crippen LogP contribution in [-0.4, -0.2) is 22.6 Å². The minimum Gasteiger partial charge on any atom is -0.309 e. The molecule has 8 aromatic rings. The summed E-state index contributed by atoms with van der Waals surface area (Å²) in [5.74, 6) is 0. The number of hydrogen-bond donors (Lipinski definition) is 0.